The summed E-state index contributed by atoms with van der Waals surface area (Å²) < 4.78 is 4.84. The maximum Gasteiger partial charge on any atom is 0.256 e. The van der Waals surface area contributed by atoms with Crippen molar-refractivity contribution in [2.24, 2.45) is 0 Å². The molecule has 0 radical (unpaired) electrons. The third-order valence-corrected chi connectivity index (χ3v) is 2.86. The van der Waals surface area contributed by atoms with Gasteiger partial charge in [-0.1, -0.05) is 28.9 Å². The van der Waals surface area contributed by atoms with Gasteiger partial charge in [0.1, 0.15) is 11.3 Å². The highest BCUT2D eigenvalue weighted by atomic mass is 35.5. The van der Waals surface area contributed by atoms with Crippen molar-refractivity contribution in [2.75, 3.05) is 6.54 Å². The Bertz CT molecular complexity index is 534. The summed E-state index contributed by atoms with van der Waals surface area (Å²) in [6.07, 6.45) is 2.18. The summed E-state index contributed by atoms with van der Waals surface area (Å²) in [5.74, 6) is 0.363. The van der Waals surface area contributed by atoms with E-state index in [4.69, 9.17) is 16.1 Å². The topological polar surface area (TPSA) is 55.1 Å². The normalized spacial score (nSPS) is 10.3. The van der Waals surface area contributed by atoms with Crippen molar-refractivity contribution >= 4 is 17.5 Å². The van der Waals surface area contributed by atoms with Crippen molar-refractivity contribution < 1.29 is 9.32 Å². The van der Waals surface area contributed by atoms with Gasteiger partial charge in [-0.15, -0.1) is 0 Å². The molecule has 0 spiro atoms. The number of aryl methyl sites for hydroxylation is 1. The second-order valence-electron chi connectivity index (χ2n) is 3.93. The Hall–Kier alpha value is -1.81. The lowest BCUT2D eigenvalue weighted by atomic mass is 10.1. The quantitative estimate of drug-likeness (QED) is 0.924. The fourth-order valence-electron chi connectivity index (χ4n) is 1.58. The average Bonchev–Trinajstić information content (AvgIpc) is 2.78. The molecule has 4 nitrogen and oxygen atoms in total. The molecular formula is C13H13ClN2O2. The molecule has 2 aromatic rings. The van der Waals surface area contributed by atoms with Crippen LogP contribution in [0.1, 0.15) is 21.7 Å². The van der Waals surface area contributed by atoms with Gasteiger partial charge in [0.05, 0.1) is 6.20 Å². The monoisotopic (exact) mass is 264 g/mol. The summed E-state index contributed by atoms with van der Waals surface area (Å²) in [5.41, 5.74) is 1.60. The standard InChI is InChI=1S/C13H13ClN2O2/c1-9-12(8-16-18-9)13(17)15-7-6-10-2-4-11(14)5-3-10/h2-5,8H,6-7H2,1H3,(H,15,17). The number of benzene rings is 1. The predicted octanol–water partition coefficient (Wildman–Crippen LogP) is 2.61. The SMILES string of the molecule is Cc1oncc1C(=O)NCCc1ccc(Cl)cc1. The molecule has 2 rings (SSSR count). The first-order chi connectivity index (χ1) is 8.66. The third-order valence-electron chi connectivity index (χ3n) is 2.61. The number of carbonyl (C=O) groups excluding carboxylic acids is 1. The Morgan fingerprint density at radius 3 is 2.72 bits per heavy atom. The molecule has 0 saturated carbocycles. The molecule has 0 unspecified atom stereocenters. The Labute approximate surface area is 110 Å². The van der Waals surface area contributed by atoms with E-state index >= 15 is 0 Å². The molecule has 0 bridgehead atoms. The van der Waals surface area contributed by atoms with E-state index in [0.29, 0.717) is 22.9 Å². The lowest BCUT2D eigenvalue weighted by Crippen LogP contribution is -2.25. The van der Waals surface area contributed by atoms with Gasteiger partial charge in [-0.25, -0.2) is 0 Å². The van der Waals surface area contributed by atoms with E-state index in [1.165, 1.54) is 6.20 Å². The summed E-state index contributed by atoms with van der Waals surface area (Å²) in [7, 11) is 0. The smallest absolute Gasteiger partial charge is 0.256 e. The van der Waals surface area contributed by atoms with E-state index in [1.807, 2.05) is 24.3 Å². The lowest BCUT2D eigenvalue weighted by molar-refractivity contribution is 0.0952. The Kier molecular flexibility index (Phi) is 3.99. The van der Waals surface area contributed by atoms with E-state index < -0.39 is 0 Å². The van der Waals surface area contributed by atoms with E-state index in [0.717, 1.165) is 12.0 Å². The zero-order valence-electron chi connectivity index (χ0n) is 9.94. The van der Waals surface area contributed by atoms with Crippen LogP contribution in [0.25, 0.3) is 0 Å². The highest BCUT2D eigenvalue weighted by Crippen LogP contribution is 2.10. The fraction of sp³-hybridized carbons (Fsp3) is 0.231. The van der Waals surface area contributed by atoms with Crippen LogP contribution in [-0.4, -0.2) is 17.6 Å². The average molecular weight is 265 g/mol. The van der Waals surface area contributed by atoms with Crippen LogP contribution in [0.3, 0.4) is 0 Å². The van der Waals surface area contributed by atoms with Crippen LogP contribution in [-0.2, 0) is 6.42 Å². The second kappa shape index (κ2) is 5.69. The van der Waals surface area contributed by atoms with E-state index in [-0.39, 0.29) is 5.91 Å². The first-order valence-corrected chi connectivity index (χ1v) is 5.98. The van der Waals surface area contributed by atoms with Crippen molar-refractivity contribution in [3.8, 4) is 0 Å². The predicted molar refractivity (Wildman–Crippen MR) is 68.7 cm³/mol. The van der Waals surface area contributed by atoms with Crippen LogP contribution in [0, 0.1) is 6.92 Å². The first kappa shape index (κ1) is 12.6. The van der Waals surface area contributed by atoms with Gasteiger partial charge in [0.25, 0.3) is 5.91 Å². The van der Waals surface area contributed by atoms with Gasteiger partial charge in [0, 0.05) is 11.6 Å². The number of hydrogen-bond acceptors (Lipinski definition) is 3. The molecule has 1 aromatic carbocycles. The Morgan fingerprint density at radius 1 is 1.39 bits per heavy atom. The molecule has 1 amide bonds. The third kappa shape index (κ3) is 3.11. The minimum absolute atomic E-state index is 0.164. The summed E-state index contributed by atoms with van der Waals surface area (Å²) in [6, 6.07) is 7.56. The molecule has 5 heteroatoms. The number of halogens is 1. The Balaban J connectivity index is 1.84. The molecule has 1 N–H and O–H groups in total. The number of nitrogens with one attached hydrogen (secondary N) is 1. The number of rotatable bonds is 4. The summed E-state index contributed by atoms with van der Waals surface area (Å²) >= 11 is 5.79. The van der Waals surface area contributed by atoms with Crippen LogP contribution >= 0.6 is 11.6 Å². The number of carbonyl (C=O) groups is 1. The van der Waals surface area contributed by atoms with Gasteiger partial charge < -0.3 is 9.84 Å². The van der Waals surface area contributed by atoms with Crippen molar-refractivity contribution in [3.63, 3.8) is 0 Å². The number of nitrogens with zero attached hydrogens (tertiary/aromatic N) is 1. The van der Waals surface area contributed by atoms with Crippen LogP contribution in [0.4, 0.5) is 0 Å². The molecule has 1 aromatic heterocycles. The van der Waals surface area contributed by atoms with Gasteiger partial charge in [-0.3, -0.25) is 4.79 Å². The lowest BCUT2D eigenvalue weighted by Gasteiger charge is -2.04. The summed E-state index contributed by atoms with van der Waals surface area (Å²) in [6.45, 7) is 2.27. The maximum absolute atomic E-state index is 11.7. The largest absolute Gasteiger partial charge is 0.361 e. The van der Waals surface area contributed by atoms with Crippen molar-refractivity contribution in [3.05, 3.63) is 52.4 Å². The molecule has 0 fully saturated rings. The van der Waals surface area contributed by atoms with Gasteiger partial charge in [0.15, 0.2) is 0 Å². The summed E-state index contributed by atoms with van der Waals surface area (Å²) in [5, 5.41) is 7.10. The van der Waals surface area contributed by atoms with Crippen LogP contribution < -0.4 is 5.32 Å². The van der Waals surface area contributed by atoms with Crippen LogP contribution in [0.15, 0.2) is 35.0 Å². The molecular weight excluding hydrogens is 252 g/mol. The van der Waals surface area contributed by atoms with Crippen LogP contribution in [0.2, 0.25) is 5.02 Å². The van der Waals surface area contributed by atoms with E-state index in [2.05, 4.69) is 10.5 Å². The zero-order chi connectivity index (χ0) is 13.0. The highest BCUT2D eigenvalue weighted by Gasteiger charge is 2.11. The molecule has 0 aliphatic carbocycles. The van der Waals surface area contributed by atoms with Crippen molar-refractivity contribution in [2.45, 2.75) is 13.3 Å². The van der Waals surface area contributed by atoms with E-state index in [9.17, 15) is 4.79 Å². The molecule has 0 aliphatic heterocycles. The molecule has 0 saturated heterocycles. The molecule has 0 atom stereocenters. The number of aromatic nitrogens is 1. The summed E-state index contributed by atoms with van der Waals surface area (Å²) in [4.78, 5) is 11.7. The minimum Gasteiger partial charge on any atom is -0.361 e. The zero-order valence-corrected chi connectivity index (χ0v) is 10.7. The molecule has 94 valence electrons. The van der Waals surface area contributed by atoms with Crippen molar-refractivity contribution in [1.82, 2.24) is 10.5 Å². The van der Waals surface area contributed by atoms with Gasteiger partial charge in [-0.05, 0) is 31.0 Å². The van der Waals surface area contributed by atoms with Crippen molar-refractivity contribution in [1.29, 1.82) is 0 Å². The molecule has 1 heterocycles. The number of hydrogen-bond donors (Lipinski definition) is 1. The maximum atomic E-state index is 11.7. The van der Waals surface area contributed by atoms with E-state index in [1.54, 1.807) is 6.92 Å². The van der Waals surface area contributed by atoms with Gasteiger partial charge in [0.2, 0.25) is 0 Å². The fourth-order valence-corrected chi connectivity index (χ4v) is 1.71. The molecule has 0 aliphatic rings. The second-order valence-corrected chi connectivity index (χ2v) is 4.36. The highest BCUT2D eigenvalue weighted by molar-refractivity contribution is 6.30. The minimum atomic E-state index is -0.164. The number of amides is 1. The van der Waals surface area contributed by atoms with Gasteiger partial charge in [-0.2, -0.15) is 0 Å². The first-order valence-electron chi connectivity index (χ1n) is 5.61. The Morgan fingerprint density at radius 2 is 2.11 bits per heavy atom. The van der Waals surface area contributed by atoms with Gasteiger partial charge >= 0.3 is 0 Å². The molecule has 18 heavy (non-hydrogen) atoms. The van der Waals surface area contributed by atoms with Crippen LogP contribution in [0.5, 0.6) is 0 Å².